The first kappa shape index (κ1) is 27.4. The van der Waals surface area contributed by atoms with E-state index in [1.165, 1.54) is 5.56 Å². The monoisotopic (exact) mass is 536 g/mol. The Morgan fingerprint density at radius 2 is 1.68 bits per heavy atom. The summed E-state index contributed by atoms with van der Waals surface area (Å²) < 4.78 is 7.08. The van der Waals surface area contributed by atoms with Gasteiger partial charge < -0.3 is 9.72 Å². The van der Waals surface area contributed by atoms with Crippen molar-refractivity contribution >= 4 is 10.9 Å². The lowest BCUT2D eigenvalue weighted by molar-refractivity contribution is 0.169. The van der Waals surface area contributed by atoms with E-state index in [4.69, 9.17) is 4.74 Å². The molecule has 0 bridgehead atoms. The van der Waals surface area contributed by atoms with E-state index in [2.05, 4.69) is 88.6 Å². The van der Waals surface area contributed by atoms with Crippen molar-refractivity contribution in [3.8, 4) is 0 Å². The van der Waals surface area contributed by atoms with Gasteiger partial charge in [0.05, 0.1) is 13.2 Å². The normalized spacial score (nSPS) is 12.4. The molecule has 8 heteroatoms. The van der Waals surface area contributed by atoms with Gasteiger partial charge in [-0.15, -0.1) is 5.10 Å². The zero-order chi connectivity index (χ0) is 28.1. The maximum atomic E-state index is 13.7. The third-order valence-corrected chi connectivity index (χ3v) is 7.26. The predicted octanol–water partition coefficient (Wildman–Crippen LogP) is 5.38. The van der Waals surface area contributed by atoms with Crippen LogP contribution >= 0.6 is 0 Å². The van der Waals surface area contributed by atoms with Gasteiger partial charge in [-0.2, -0.15) is 0 Å². The van der Waals surface area contributed by atoms with Crippen LogP contribution in [0.25, 0.3) is 10.9 Å². The Morgan fingerprint density at radius 1 is 0.950 bits per heavy atom. The highest BCUT2D eigenvalue weighted by atomic mass is 16.5. The minimum atomic E-state index is -0.509. The number of H-pyrrole nitrogens is 1. The lowest BCUT2D eigenvalue weighted by Crippen LogP contribution is -2.35. The molecule has 1 atom stereocenters. The van der Waals surface area contributed by atoms with E-state index in [1.54, 1.807) is 11.8 Å². The first-order valence-electron chi connectivity index (χ1n) is 13.7. The maximum absolute atomic E-state index is 13.7. The first-order valence-corrected chi connectivity index (χ1v) is 13.7. The van der Waals surface area contributed by atoms with Crippen LogP contribution < -0.4 is 5.56 Å². The molecule has 1 N–H and O–H groups in total. The molecule has 5 aromatic rings. The quantitative estimate of drug-likeness (QED) is 0.244. The standard InChI is InChI=1S/C32H36N6O2/c1-22(2)26-13-11-25(12-14-26)21-37(20-24-8-6-5-7-9-24)30(31-34-35-36-38(31)16-17-40-4)28-19-27-18-23(3)10-15-29(27)33-32(28)39/h5-15,18-19,22,30H,16-17,20-21H2,1-4H3,(H,33,39)/t30-/m1/s1. The molecule has 3 aromatic carbocycles. The molecule has 2 heterocycles. The van der Waals surface area contributed by atoms with Crippen LogP contribution in [-0.2, 0) is 24.4 Å². The zero-order valence-electron chi connectivity index (χ0n) is 23.5. The molecule has 40 heavy (non-hydrogen) atoms. The molecule has 2 aromatic heterocycles. The van der Waals surface area contributed by atoms with E-state index in [9.17, 15) is 4.79 Å². The van der Waals surface area contributed by atoms with E-state index >= 15 is 0 Å². The number of aryl methyl sites for hydroxylation is 1. The number of nitrogens with zero attached hydrogens (tertiary/aromatic N) is 5. The third-order valence-electron chi connectivity index (χ3n) is 7.26. The van der Waals surface area contributed by atoms with Crippen molar-refractivity contribution in [1.29, 1.82) is 0 Å². The van der Waals surface area contributed by atoms with Crippen molar-refractivity contribution in [1.82, 2.24) is 30.1 Å². The van der Waals surface area contributed by atoms with Crippen LogP contribution in [0.5, 0.6) is 0 Å². The molecule has 206 valence electrons. The third kappa shape index (κ3) is 6.19. The Bertz CT molecular complexity index is 1610. The molecule has 0 fully saturated rings. The van der Waals surface area contributed by atoms with Gasteiger partial charge >= 0.3 is 0 Å². The summed E-state index contributed by atoms with van der Waals surface area (Å²) in [6.45, 7) is 8.56. The molecule has 0 radical (unpaired) electrons. The molecule has 0 aliphatic heterocycles. The average Bonchev–Trinajstić information content (AvgIpc) is 3.41. The Hall–Kier alpha value is -4.14. The van der Waals surface area contributed by atoms with Crippen molar-refractivity contribution in [2.24, 2.45) is 0 Å². The first-order chi connectivity index (χ1) is 19.4. The number of aromatic amines is 1. The van der Waals surface area contributed by atoms with Crippen LogP contribution in [-0.4, -0.2) is 43.8 Å². The molecule has 0 aliphatic carbocycles. The number of rotatable bonds is 11. The molecular formula is C32H36N6O2. The van der Waals surface area contributed by atoms with Gasteiger partial charge in [0.25, 0.3) is 5.56 Å². The van der Waals surface area contributed by atoms with Crippen LogP contribution in [0, 0.1) is 6.92 Å². The second-order valence-electron chi connectivity index (χ2n) is 10.6. The Kier molecular flexibility index (Phi) is 8.48. The minimum absolute atomic E-state index is 0.157. The number of benzene rings is 3. The molecule has 0 spiro atoms. The Balaban J connectivity index is 1.67. The van der Waals surface area contributed by atoms with E-state index < -0.39 is 6.04 Å². The summed E-state index contributed by atoms with van der Waals surface area (Å²) in [6.07, 6.45) is 0. The number of aromatic nitrogens is 5. The van der Waals surface area contributed by atoms with Crippen molar-refractivity contribution in [2.75, 3.05) is 13.7 Å². The fourth-order valence-corrected chi connectivity index (χ4v) is 5.09. The highest BCUT2D eigenvalue weighted by Gasteiger charge is 2.31. The van der Waals surface area contributed by atoms with E-state index in [0.717, 1.165) is 27.6 Å². The Morgan fingerprint density at radius 3 is 2.38 bits per heavy atom. The topological polar surface area (TPSA) is 88.9 Å². The number of methoxy groups -OCH3 is 1. The highest BCUT2D eigenvalue weighted by molar-refractivity contribution is 5.79. The van der Waals surface area contributed by atoms with Crippen LogP contribution in [0.1, 0.15) is 59.4 Å². The smallest absolute Gasteiger partial charge is 0.253 e. The zero-order valence-corrected chi connectivity index (χ0v) is 23.5. The van der Waals surface area contributed by atoms with Crippen molar-refractivity contribution in [3.05, 3.63) is 123 Å². The van der Waals surface area contributed by atoms with Gasteiger partial charge in [0, 0.05) is 31.3 Å². The summed E-state index contributed by atoms with van der Waals surface area (Å²) in [5.41, 5.74) is 5.94. The summed E-state index contributed by atoms with van der Waals surface area (Å²) in [4.78, 5) is 19.1. The Labute approximate surface area is 234 Å². The van der Waals surface area contributed by atoms with Crippen molar-refractivity contribution in [2.45, 2.75) is 52.4 Å². The molecule has 0 unspecified atom stereocenters. The average molecular weight is 537 g/mol. The lowest BCUT2D eigenvalue weighted by Gasteiger charge is -2.31. The van der Waals surface area contributed by atoms with Crippen LogP contribution in [0.15, 0.2) is 83.7 Å². The van der Waals surface area contributed by atoms with Gasteiger partial charge in [0.1, 0.15) is 6.04 Å². The second kappa shape index (κ2) is 12.4. The van der Waals surface area contributed by atoms with E-state index in [-0.39, 0.29) is 5.56 Å². The van der Waals surface area contributed by atoms with Gasteiger partial charge in [-0.3, -0.25) is 9.69 Å². The summed E-state index contributed by atoms with van der Waals surface area (Å²) >= 11 is 0. The fraction of sp³-hybridized carbons (Fsp3) is 0.312. The molecular weight excluding hydrogens is 500 g/mol. The number of pyridine rings is 1. The SMILES string of the molecule is COCCn1nnnc1[C@@H](c1cc2cc(C)ccc2[nH]c1=O)N(Cc1ccccc1)Cc1ccc(C(C)C)cc1. The molecule has 0 saturated carbocycles. The summed E-state index contributed by atoms with van der Waals surface area (Å²) in [5, 5.41) is 13.7. The number of tetrazole rings is 1. The van der Waals surface area contributed by atoms with Crippen LogP contribution in [0.4, 0.5) is 0 Å². The van der Waals surface area contributed by atoms with Gasteiger partial charge in [-0.25, -0.2) is 4.68 Å². The van der Waals surface area contributed by atoms with Crippen molar-refractivity contribution < 1.29 is 4.74 Å². The largest absolute Gasteiger partial charge is 0.383 e. The van der Waals surface area contributed by atoms with Gasteiger partial charge in [-0.05, 0) is 63.5 Å². The summed E-state index contributed by atoms with van der Waals surface area (Å²) in [7, 11) is 1.65. The van der Waals surface area contributed by atoms with Gasteiger partial charge in [-0.1, -0.05) is 80.1 Å². The molecule has 8 nitrogen and oxygen atoms in total. The predicted molar refractivity (Wildman–Crippen MR) is 157 cm³/mol. The second-order valence-corrected chi connectivity index (χ2v) is 10.6. The summed E-state index contributed by atoms with van der Waals surface area (Å²) in [5.74, 6) is 1.05. The van der Waals surface area contributed by atoms with E-state index in [1.807, 2.05) is 36.4 Å². The molecule has 0 aliphatic rings. The number of ether oxygens (including phenoxy) is 1. The molecule has 5 rings (SSSR count). The van der Waals surface area contributed by atoms with E-state index in [0.29, 0.717) is 43.5 Å². The number of fused-ring (bicyclic) bond motifs is 1. The maximum Gasteiger partial charge on any atom is 0.253 e. The van der Waals surface area contributed by atoms with Gasteiger partial charge in [0.15, 0.2) is 5.82 Å². The molecule has 0 saturated heterocycles. The fourth-order valence-electron chi connectivity index (χ4n) is 5.09. The van der Waals surface area contributed by atoms with Gasteiger partial charge in [0.2, 0.25) is 0 Å². The van der Waals surface area contributed by atoms with Crippen LogP contribution in [0.2, 0.25) is 0 Å². The highest BCUT2D eigenvalue weighted by Crippen LogP contribution is 2.30. The number of nitrogens with one attached hydrogen (secondary N) is 1. The molecule has 0 amide bonds. The number of hydrogen-bond acceptors (Lipinski definition) is 6. The van der Waals surface area contributed by atoms with Crippen LogP contribution in [0.3, 0.4) is 0 Å². The number of hydrogen-bond donors (Lipinski definition) is 1. The summed E-state index contributed by atoms with van der Waals surface area (Å²) in [6, 6.07) is 26.5. The minimum Gasteiger partial charge on any atom is -0.383 e. The lowest BCUT2D eigenvalue weighted by atomic mass is 9.99. The van der Waals surface area contributed by atoms with Crippen molar-refractivity contribution in [3.63, 3.8) is 0 Å².